The van der Waals surface area contributed by atoms with Gasteiger partial charge in [0.05, 0.1) is 18.4 Å². The van der Waals surface area contributed by atoms with Crippen LogP contribution in [-0.4, -0.2) is 19.5 Å². The second-order valence-electron chi connectivity index (χ2n) is 4.59. The first kappa shape index (κ1) is 12.4. The van der Waals surface area contributed by atoms with Crippen LogP contribution in [0.25, 0.3) is 0 Å². The highest BCUT2D eigenvalue weighted by molar-refractivity contribution is 6.01. The predicted molar refractivity (Wildman–Crippen MR) is 71.4 cm³/mol. The number of fused-ring (bicyclic) bond motifs is 1. The van der Waals surface area contributed by atoms with Gasteiger partial charge in [-0.3, -0.25) is 4.79 Å². The Morgan fingerprint density at radius 2 is 2.33 bits per heavy atom. The average molecular weight is 243 g/mol. The van der Waals surface area contributed by atoms with Crippen LogP contribution in [0.3, 0.4) is 0 Å². The molecule has 1 aromatic carbocycles. The fraction of sp³-hybridized carbons (Fsp3) is 0.429. The Morgan fingerprint density at radius 3 is 3.00 bits per heavy atom. The fourth-order valence-electron chi connectivity index (χ4n) is 2.10. The highest BCUT2D eigenvalue weighted by Crippen LogP contribution is 2.29. The zero-order chi connectivity index (χ0) is 13.1. The number of nitrogens with zero attached hydrogens (tertiary/aromatic N) is 2. The van der Waals surface area contributed by atoms with Gasteiger partial charge in [-0.2, -0.15) is 5.26 Å². The van der Waals surface area contributed by atoms with Crippen LogP contribution in [0.5, 0.6) is 0 Å². The molecule has 0 radical (unpaired) electrons. The van der Waals surface area contributed by atoms with Crippen LogP contribution in [0.4, 0.5) is 11.4 Å². The van der Waals surface area contributed by atoms with Gasteiger partial charge in [-0.15, -0.1) is 0 Å². The number of anilines is 2. The van der Waals surface area contributed by atoms with Crippen LogP contribution in [0, 0.1) is 17.2 Å². The van der Waals surface area contributed by atoms with E-state index in [1.165, 1.54) is 0 Å². The molecule has 0 saturated carbocycles. The van der Waals surface area contributed by atoms with E-state index in [1.807, 2.05) is 25.1 Å². The lowest BCUT2D eigenvalue weighted by atomic mass is 10.1. The van der Waals surface area contributed by atoms with Crippen molar-refractivity contribution in [3.05, 3.63) is 23.8 Å². The summed E-state index contributed by atoms with van der Waals surface area (Å²) in [5, 5.41) is 12.1. The quantitative estimate of drug-likeness (QED) is 0.881. The topological polar surface area (TPSA) is 56.1 Å². The summed E-state index contributed by atoms with van der Waals surface area (Å²) in [6.07, 6.45) is 1.31. The van der Waals surface area contributed by atoms with Gasteiger partial charge in [-0.05, 0) is 30.2 Å². The molecule has 0 aliphatic carbocycles. The van der Waals surface area contributed by atoms with Crippen LogP contribution in [0.2, 0.25) is 0 Å². The zero-order valence-electron chi connectivity index (χ0n) is 10.7. The van der Waals surface area contributed by atoms with Gasteiger partial charge >= 0.3 is 0 Å². The minimum atomic E-state index is 0.0301. The molecule has 1 aromatic rings. The minimum Gasteiger partial charge on any atom is -0.384 e. The van der Waals surface area contributed by atoms with Crippen LogP contribution >= 0.6 is 0 Å². The number of carbonyl (C=O) groups is 1. The summed E-state index contributed by atoms with van der Waals surface area (Å²) in [7, 11) is 1.80. The molecule has 1 aliphatic heterocycles. The number of nitrogens with one attached hydrogen (secondary N) is 1. The molecule has 4 heteroatoms. The molecule has 0 spiro atoms. The van der Waals surface area contributed by atoms with Crippen molar-refractivity contribution in [2.45, 2.75) is 19.8 Å². The molecular formula is C14H17N3O. The summed E-state index contributed by atoms with van der Waals surface area (Å²) in [6, 6.07) is 8.18. The van der Waals surface area contributed by atoms with Crippen LogP contribution in [-0.2, 0) is 11.2 Å². The van der Waals surface area contributed by atoms with Crippen molar-refractivity contribution in [1.82, 2.24) is 0 Å². The normalized spacial score (nSPS) is 15.2. The second kappa shape index (κ2) is 5.09. The Labute approximate surface area is 107 Å². The number of amides is 1. The molecule has 0 fully saturated rings. The number of hydrogen-bond acceptors (Lipinski definition) is 3. The lowest BCUT2D eigenvalue weighted by Crippen LogP contribution is -2.20. The zero-order valence-corrected chi connectivity index (χ0v) is 10.7. The third kappa shape index (κ3) is 2.30. The van der Waals surface area contributed by atoms with Crippen LogP contribution in [0.15, 0.2) is 18.2 Å². The van der Waals surface area contributed by atoms with Crippen molar-refractivity contribution in [3.8, 4) is 6.07 Å². The monoisotopic (exact) mass is 243 g/mol. The van der Waals surface area contributed by atoms with Crippen molar-refractivity contribution in [3.63, 3.8) is 0 Å². The molecule has 1 amide bonds. The lowest BCUT2D eigenvalue weighted by molar-refractivity contribution is -0.117. The minimum absolute atomic E-state index is 0.0301. The first-order chi connectivity index (χ1) is 8.65. The van der Waals surface area contributed by atoms with E-state index in [0.29, 0.717) is 13.0 Å². The molecule has 1 aliphatic rings. The predicted octanol–water partition coefficient (Wildman–Crippen LogP) is 2.17. The van der Waals surface area contributed by atoms with Gasteiger partial charge < -0.3 is 10.2 Å². The van der Waals surface area contributed by atoms with Gasteiger partial charge in [0.1, 0.15) is 0 Å². The molecule has 1 heterocycles. The number of hydrogen-bond donors (Lipinski definition) is 1. The summed E-state index contributed by atoms with van der Waals surface area (Å²) in [4.78, 5) is 13.2. The maximum Gasteiger partial charge on any atom is 0.231 e. The van der Waals surface area contributed by atoms with E-state index >= 15 is 0 Å². The van der Waals surface area contributed by atoms with Crippen molar-refractivity contribution in [2.24, 2.45) is 5.92 Å². The van der Waals surface area contributed by atoms with Crippen LogP contribution < -0.4 is 10.2 Å². The van der Waals surface area contributed by atoms with Gasteiger partial charge in [0, 0.05) is 25.0 Å². The lowest BCUT2D eigenvalue weighted by Gasteiger charge is -2.12. The summed E-state index contributed by atoms with van der Waals surface area (Å²) in [5.41, 5.74) is 3.01. The standard InChI is InChI=1S/C14H17N3O/c1-3-10(8-15)9-16-12-4-5-13-11(6-12)7-14(18)17(13)2/h4-6,10,16H,3,7,9H2,1-2H3. The fourth-order valence-corrected chi connectivity index (χ4v) is 2.10. The van der Waals surface area contributed by atoms with E-state index in [2.05, 4.69) is 11.4 Å². The van der Waals surface area contributed by atoms with Crippen molar-refractivity contribution in [1.29, 1.82) is 5.26 Å². The van der Waals surface area contributed by atoms with Crippen molar-refractivity contribution < 1.29 is 4.79 Å². The van der Waals surface area contributed by atoms with Crippen molar-refractivity contribution >= 4 is 17.3 Å². The Bertz CT molecular complexity index is 504. The van der Waals surface area contributed by atoms with Gasteiger partial charge in [-0.25, -0.2) is 0 Å². The molecule has 1 unspecified atom stereocenters. The maximum atomic E-state index is 11.6. The first-order valence-corrected chi connectivity index (χ1v) is 6.18. The maximum absolute atomic E-state index is 11.6. The molecule has 0 bridgehead atoms. The largest absolute Gasteiger partial charge is 0.384 e. The van der Waals surface area contributed by atoms with E-state index in [1.54, 1.807) is 11.9 Å². The summed E-state index contributed by atoms with van der Waals surface area (Å²) < 4.78 is 0. The van der Waals surface area contributed by atoms with E-state index in [4.69, 9.17) is 5.26 Å². The highest BCUT2D eigenvalue weighted by Gasteiger charge is 2.23. The molecule has 0 aromatic heterocycles. The number of nitriles is 1. The summed E-state index contributed by atoms with van der Waals surface area (Å²) >= 11 is 0. The Hall–Kier alpha value is -2.02. The molecule has 1 atom stereocenters. The van der Waals surface area contributed by atoms with Crippen LogP contribution in [0.1, 0.15) is 18.9 Å². The molecule has 94 valence electrons. The summed E-state index contributed by atoms with van der Waals surface area (Å²) in [6.45, 7) is 2.65. The molecule has 2 rings (SSSR count). The number of benzene rings is 1. The molecule has 4 nitrogen and oxygen atoms in total. The number of carbonyl (C=O) groups excluding carboxylic acids is 1. The Morgan fingerprint density at radius 1 is 1.56 bits per heavy atom. The van der Waals surface area contributed by atoms with Gasteiger partial charge in [-0.1, -0.05) is 6.92 Å². The Balaban J connectivity index is 2.07. The highest BCUT2D eigenvalue weighted by atomic mass is 16.2. The SMILES string of the molecule is CCC(C#N)CNc1ccc2c(c1)CC(=O)N2C. The van der Waals surface area contributed by atoms with E-state index in [9.17, 15) is 4.79 Å². The van der Waals surface area contributed by atoms with Gasteiger partial charge in [0.25, 0.3) is 0 Å². The second-order valence-corrected chi connectivity index (χ2v) is 4.59. The molecule has 0 saturated heterocycles. The first-order valence-electron chi connectivity index (χ1n) is 6.18. The molecule has 18 heavy (non-hydrogen) atoms. The van der Waals surface area contributed by atoms with E-state index < -0.39 is 0 Å². The molecule has 1 N–H and O–H groups in total. The number of rotatable bonds is 4. The van der Waals surface area contributed by atoms with E-state index in [0.717, 1.165) is 23.4 Å². The third-order valence-corrected chi connectivity index (χ3v) is 3.38. The third-order valence-electron chi connectivity index (χ3n) is 3.38. The average Bonchev–Trinajstić information content (AvgIpc) is 2.66. The number of likely N-dealkylation sites (N-methyl/N-ethyl adjacent to an activating group) is 1. The molecular weight excluding hydrogens is 226 g/mol. The summed E-state index contributed by atoms with van der Waals surface area (Å²) in [5.74, 6) is 0.160. The van der Waals surface area contributed by atoms with Crippen molar-refractivity contribution in [2.75, 3.05) is 23.8 Å². The smallest absolute Gasteiger partial charge is 0.231 e. The van der Waals surface area contributed by atoms with Gasteiger partial charge in [0.2, 0.25) is 5.91 Å². The van der Waals surface area contributed by atoms with E-state index in [-0.39, 0.29) is 11.8 Å². The van der Waals surface area contributed by atoms with Gasteiger partial charge in [0.15, 0.2) is 0 Å². The Kier molecular flexibility index (Phi) is 3.52.